The van der Waals surface area contributed by atoms with Crippen molar-refractivity contribution in [1.29, 1.82) is 0 Å². The Kier molecular flexibility index (Phi) is 5.02. The van der Waals surface area contributed by atoms with Crippen molar-refractivity contribution in [3.63, 3.8) is 0 Å². The zero-order valence-electron chi connectivity index (χ0n) is 9.78. The largest absolute Gasteiger partial charge is 0.377 e. The molecule has 0 radical (unpaired) electrons. The third-order valence-electron chi connectivity index (χ3n) is 2.43. The molecule has 0 aromatic carbocycles. The average Bonchev–Trinajstić information content (AvgIpc) is 2.28. The second-order valence-corrected chi connectivity index (χ2v) is 4.02. The van der Waals surface area contributed by atoms with E-state index in [1.165, 1.54) is 4.90 Å². The molecule has 0 fully saturated rings. The van der Waals surface area contributed by atoms with Crippen LogP contribution >= 0.6 is 0 Å². The van der Waals surface area contributed by atoms with E-state index in [0.29, 0.717) is 6.42 Å². The minimum Gasteiger partial charge on any atom is -0.377 e. The quantitative estimate of drug-likeness (QED) is 0.533. The fourth-order valence-corrected chi connectivity index (χ4v) is 1.56. The summed E-state index contributed by atoms with van der Waals surface area (Å²) in [5, 5.41) is 9.87. The Balaban J connectivity index is 2.52. The van der Waals surface area contributed by atoms with Crippen LogP contribution in [0.4, 0.5) is 0 Å². The Labute approximate surface area is 100 Å². The van der Waals surface area contributed by atoms with E-state index in [9.17, 15) is 9.90 Å². The molecule has 1 aromatic heterocycles. The maximum Gasteiger partial charge on any atom is 0.231 e. The zero-order valence-corrected chi connectivity index (χ0v) is 9.78. The van der Waals surface area contributed by atoms with E-state index in [1.54, 1.807) is 19.4 Å². The van der Waals surface area contributed by atoms with Gasteiger partial charge in [0.25, 0.3) is 0 Å². The lowest BCUT2D eigenvalue weighted by molar-refractivity contribution is -0.121. The van der Waals surface area contributed by atoms with Gasteiger partial charge in [0, 0.05) is 18.4 Å². The molecule has 6 heteroatoms. The van der Waals surface area contributed by atoms with E-state index >= 15 is 0 Å². The van der Waals surface area contributed by atoms with Crippen LogP contribution in [0.1, 0.15) is 5.56 Å². The van der Waals surface area contributed by atoms with Crippen molar-refractivity contribution in [1.82, 2.24) is 9.88 Å². The smallest absolute Gasteiger partial charge is 0.231 e. The first-order valence-corrected chi connectivity index (χ1v) is 5.32. The minimum absolute atomic E-state index is 0.0259. The number of hydrogen-bond donors (Lipinski definition) is 3. The number of aromatic nitrogens is 1. The summed E-state index contributed by atoms with van der Waals surface area (Å²) in [4.78, 5) is 16.1. The molecule has 0 spiro atoms. The molecule has 1 rings (SSSR count). The van der Waals surface area contributed by atoms with Gasteiger partial charge in [-0.2, -0.15) is 0 Å². The highest BCUT2D eigenvalue weighted by molar-refractivity contribution is 5.75. The first-order valence-electron chi connectivity index (χ1n) is 5.32. The van der Waals surface area contributed by atoms with Gasteiger partial charge in [-0.05, 0) is 25.1 Å². The van der Waals surface area contributed by atoms with Gasteiger partial charge in [-0.15, -0.1) is 0 Å². The lowest BCUT2D eigenvalue weighted by Gasteiger charge is -2.27. The number of hydrogen-bond acceptors (Lipinski definition) is 5. The Hall–Kier alpha value is -1.50. The van der Waals surface area contributed by atoms with Gasteiger partial charge in [0.15, 0.2) is 0 Å². The van der Waals surface area contributed by atoms with Crippen molar-refractivity contribution >= 4 is 5.91 Å². The van der Waals surface area contributed by atoms with Crippen molar-refractivity contribution in [2.45, 2.75) is 18.7 Å². The highest BCUT2D eigenvalue weighted by Crippen LogP contribution is 2.05. The maximum atomic E-state index is 10.7. The molecule has 17 heavy (non-hydrogen) atoms. The molecule has 6 nitrogen and oxygen atoms in total. The van der Waals surface area contributed by atoms with Crippen LogP contribution in [-0.2, 0) is 11.2 Å². The number of carbonyl (C=O) groups excluding carboxylic acids is 1. The summed E-state index contributed by atoms with van der Waals surface area (Å²) >= 11 is 0. The van der Waals surface area contributed by atoms with Crippen LogP contribution in [0, 0.1) is 0 Å². The van der Waals surface area contributed by atoms with Crippen molar-refractivity contribution in [3.05, 3.63) is 30.1 Å². The number of amides is 1. The molecule has 0 bridgehead atoms. The third-order valence-corrected chi connectivity index (χ3v) is 2.43. The van der Waals surface area contributed by atoms with Crippen LogP contribution < -0.4 is 11.5 Å². The number of carbonyl (C=O) groups is 1. The van der Waals surface area contributed by atoms with E-state index in [1.807, 2.05) is 12.1 Å². The molecule has 5 N–H and O–H groups in total. The fraction of sp³-hybridized carbons (Fsp3) is 0.455. The molecule has 1 amide bonds. The predicted octanol–water partition coefficient (Wildman–Crippen LogP) is -1.31. The Bertz CT molecular complexity index is 358. The van der Waals surface area contributed by atoms with Gasteiger partial charge < -0.3 is 16.6 Å². The first kappa shape index (κ1) is 13.6. The molecule has 2 atom stereocenters. The second-order valence-electron chi connectivity index (χ2n) is 4.02. The first-order chi connectivity index (χ1) is 8.00. The van der Waals surface area contributed by atoms with Gasteiger partial charge in [-0.25, -0.2) is 0 Å². The zero-order chi connectivity index (χ0) is 12.8. The summed E-state index contributed by atoms with van der Waals surface area (Å²) in [5.74, 6) is -0.500. The van der Waals surface area contributed by atoms with Gasteiger partial charge in [-0.3, -0.25) is 14.7 Å². The van der Waals surface area contributed by atoms with Crippen LogP contribution in [0.3, 0.4) is 0 Å². The molecule has 94 valence electrons. The molecule has 1 heterocycles. The van der Waals surface area contributed by atoms with Crippen molar-refractivity contribution in [3.8, 4) is 0 Å². The van der Waals surface area contributed by atoms with E-state index in [-0.39, 0.29) is 6.54 Å². The monoisotopic (exact) mass is 238 g/mol. The van der Waals surface area contributed by atoms with Crippen LogP contribution in [0.5, 0.6) is 0 Å². The molecule has 0 aliphatic heterocycles. The molecule has 0 saturated carbocycles. The Morgan fingerprint density at radius 2 is 2.35 bits per heavy atom. The van der Waals surface area contributed by atoms with Crippen molar-refractivity contribution < 1.29 is 9.90 Å². The topological polar surface area (TPSA) is 105 Å². The predicted molar refractivity (Wildman–Crippen MR) is 63.7 cm³/mol. The molecule has 1 aromatic rings. The van der Waals surface area contributed by atoms with E-state index in [4.69, 9.17) is 11.5 Å². The number of pyridine rings is 1. The number of aliphatic hydroxyl groups excluding tert-OH is 1. The van der Waals surface area contributed by atoms with Crippen LogP contribution in [-0.4, -0.2) is 46.8 Å². The fourth-order valence-electron chi connectivity index (χ4n) is 1.56. The summed E-state index contributed by atoms with van der Waals surface area (Å²) < 4.78 is 0. The molecular weight excluding hydrogens is 220 g/mol. The summed E-state index contributed by atoms with van der Waals surface area (Å²) in [6, 6.07) is 3.19. The molecular formula is C11H18N4O2. The lowest BCUT2D eigenvalue weighted by Crippen LogP contribution is -2.49. The standard InChI is InChI=1S/C11H18N4O2/c1-15(7-10(13)16)11(17)9(12)5-8-3-2-4-14-6-8/h2-4,6,9,11,17H,5,7,12H2,1H3,(H2,13,16)/t9-,11?/m0/s1. The number of likely N-dealkylation sites (N-methyl/N-ethyl adjacent to an activating group) is 1. The van der Waals surface area contributed by atoms with E-state index in [0.717, 1.165) is 5.56 Å². The number of nitrogens with zero attached hydrogens (tertiary/aromatic N) is 2. The van der Waals surface area contributed by atoms with Gasteiger partial charge in [0.05, 0.1) is 6.54 Å². The normalized spacial score (nSPS) is 14.6. The van der Waals surface area contributed by atoms with E-state index in [2.05, 4.69) is 4.98 Å². The summed E-state index contributed by atoms with van der Waals surface area (Å²) in [6.45, 7) is -0.0259. The van der Waals surface area contributed by atoms with Crippen molar-refractivity contribution in [2.24, 2.45) is 11.5 Å². The molecule has 1 unspecified atom stereocenters. The highest BCUT2D eigenvalue weighted by atomic mass is 16.3. The second kappa shape index (κ2) is 6.29. The third kappa shape index (κ3) is 4.48. The minimum atomic E-state index is -0.914. The van der Waals surface area contributed by atoms with Crippen molar-refractivity contribution in [2.75, 3.05) is 13.6 Å². The van der Waals surface area contributed by atoms with Crippen LogP contribution in [0.15, 0.2) is 24.5 Å². The summed E-state index contributed by atoms with van der Waals surface area (Å²) in [6.07, 6.45) is 2.94. The van der Waals surface area contributed by atoms with Gasteiger partial charge in [0.2, 0.25) is 5.91 Å². The number of primary amides is 1. The summed E-state index contributed by atoms with van der Waals surface area (Å²) in [5.41, 5.74) is 11.8. The maximum absolute atomic E-state index is 10.7. The average molecular weight is 238 g/mol. The molecule has 0 aliphatic rings. The number of aliphatic hydroxyl groups is 1. The summed E-state index contributed by atoms with van der Waals surface area (Å²) in [7, 11) is 1.60. The Morgan fingerprint density at radius 1 is 1.65 bits per heavy atom. The van der Waals surface area contributed by atoms with Gasteiger partial charge in [-0.1, -0.05) is 6.07 Å². The number of nitrogens with two attached hydrogens (primary N) is 2. The highest BCUT2D eigenvalue weighted by Gasteiger charge is 2.20. The Morgan fingerprint density at radius 3 is 2.88 bits per heavy atom. The lowest BCUT2D eigenvalue weighted by atomic mass is 10.1. The number of rotatable bonds is 6. The molecule has 0 saturated heterocycles. The van der Waals surface area contributed by atoms with Gasteiger partial charge in [0.1, 0.15) is 6.23 Å². The van der Waals surface area contributed by atoms with E-state index < -0.39 is 18.2 Å². The van der Waals surface area contributed by atoms with Crippen LogP contribution in [0.2, 0.25) is 0 Å². The molecule has 0 aliphatic carbocycles. The van der Waals surface area contributed by atoms with Gasteiger partial charge >= 0.3 is 0 Å². The van der Waals surface area contributed by atoms with Crippen LogP contribution in [0.25, 0.3) is 0 Å². The SMILES string of the molecule is CN(CC(N)=O)C(O)[C@@H](N)Cc1cccnc1.